The van der Waals surface area contributed by atoms with E-state index < -0.39 is 23.2 Å². The summed E-state index contributed by atoms with van der Waals surface area (Å²) in [6.45, 7) is 9.34. The predicted molar refractivity (Wildman–Crippen MR) is 202 cm³/mol. The van der Waals surface area contributed by atoms with Gasteiger partial charge in [0.25, 0.3) is 5.91 Å². The highest BCUT2D eigenvalue weighted by Gasteiger charge is 2.23. The molecule has 1 saturated heterocycles. The Morgan fingerprint density at radius 2 is 1.70 bits per heavy atom. The molecule has 1 fully saturated rings. The Morgan fingerprint density at radius 3 is 2.45 bits per heavy atom. The molecule has 4 heterocycles. The zero-order valence-electron chi connectivity index (χ0n) is 29.8. The lowest BCUT2D eigenvalue weighted by Crippen LogP contribution is -2.46. The molecule has 3 aromatic carbocycles. The van der Waals surface area contributed by atoms with Crippen molar-refractivity contribution < 1.29 is 23.0 Å². The van der Waals surface area contributed by atoms with Gasteiger partial charge in [0.05, 0.1) is 42.0 Å². The first-order valence-corrected chi connectivity index (χ1v) is 17.6. The van der Waals surface area contributed by atoms with Crippen LogP contribution in [0.15, 0.2) is 91.3 Å². The summed E-state index contributed by atoms with van der Waals surface area (Å²) in [6.07, 6.45) is 4.69. The summed E-state index contributed by atoms with van der Waals surface area (Å²) >= 11 is 0. The second kappa shape index (κ2) is 15.7. The highest BCUT2D eigenvalue weighted by atomic mass is 19.1. The van der Waals surface area contributed by atoms with Crippen molar-refractivity contribution in [2.24, 2.45) is 0 Å². The lowest BCUT2D eigenvalue weighted by Gasteiger charge is -2.36. The number of aromatic nitrogens is 4. The van der Waals surface area contributed by atoms with Crippen LogP contribution in [0.3, 0.4) is 0 Å². The third kappa shape index (κ3) is 7.47. The van der Waals surface area contributed by atoms with Crippen molar-refractivity contribution in [3.63, 3.8) is 0 Å². The number of carbonyl (C=O) groups is 1. The zero-order valence-corrected chi connectivity index (χ0v) is 29.8. The fourth-order valence-electron chi connectivity index (χ4n) is 6.57. The first kappa shape index (κ1) is 35.3. The number of halogens is 2. The number of para-hydroxylation sites is 1. The van der Waals surface area contributed by atoms with E-state index in [0.717, 1.165) is 57.0 Å². The van der Waals surface area contributed by atoms with Crippen LogP contribution >= 0.6 is 0 Å². The van der Waals surface area contributed by atoms with E-state index in [2.05, 4.69) is 38.4 Å². The minimum atomic E-state index is -0.891. The molecule has 0 bridgehead atoms. The Morgan fingerprint density at radius 1 is 0.887 bits per heavy atom. The van der Waals surface area contributed by atoms with Gasteiger partial charge in [-0.15, -0.1) is 0 Å². The van der Waals surface area contributed by atoms with Gasteiger partial charge >= 0.3 is 0 Å². The highest BCUT2D eigenvalue weighted by molar-refractivity contribution is 6.07. The highest BCUT2D eigenvalue weighted by Crippen LogP contribution is 2.36. The molecule has 1 aliphatic rings. The molecule has 1 aliphatic heterocycles. The van der Waals surface area contributed by atoms with Gasteiger partial charge in [-0.2, -0.15) is 0 Å². The average Bonchev–Trinajstić information content (AvgIpc) is 3.57. The summed E-state index contributed by atoms with van der Waals surface area (Å²) in [5.74, 6) is -1.26. The first-order chi connectivity index (χ1) is 25.9. The van der Waals surface area contributed by atoms with Crippen molar-refractivity contribution in [2.75, 3.05) is 62.0 Å². The molecule has 0 saturated carbocycles. The third-order valence-electron chi connectivity index (χ3n) is 9.14. The molecule has 6 aromatic rings. The van der Waals surface area contributed by atoms with Crippen LogP contribution in [0.4, 0.5) is 31.8 Å². The summed E-state index contributed by atoms with van der Waals surface area (Å²) in [5, 5.41) is 5.71. The van der Waals surface area contributed by atoms with Gasteiger partial charge in [0.1, 0.15) is 34.5 Å². The standard InChI is InChI=1S/C40H40F2N8O3/c1-4-18-48-20-22-49(23-21-48)27-13-14-31(34(25-27)52-3)44-40-43-17-16-32(45-40)38-36(46-35-11-6-7-19-50(35)38)26-12-15-33(53-5-2)28(24-26)39(51)47-37-29(41)9-8-10-30(37)42/h6-17,19,24-25H,4-5,18,20-23H2,1-3H3,(H,47,51)(H,43,44,45). The molecule has 7 rings (SSSR count). The van der Waals surface area contributed by atoms with E-state index in [1.807, 2.05) is 40.9 Å². The number of fused-ring (bicyclic) bond motifs is 1. The lowest BCUT2D eigenvalue weighted by molar-refractivity contribution is 0.102. The normalized spacial score (nSPS) is 13.3. The number of amides is 1. The average molecular weight is 719 g/mol. The molecule has 3 aromatic heterocycles. The van der Waals surface area contributed by atoms with Crippen LogP contribution in [-0.2, 0) is 0 Å². The maximum Gasteiger partial charge on any atom is 0.259 e. The van der Waals surface area contributed by atoms with E-state index in [1.54, 1.807) is 44.5 Å². The van der Waals surface area contributed by atoms with Crippen LogP contribution in [0.5, 0.6) is 11.5 Å². The number of rotatable bonds is 12. The number of piperazine rings is 1. The van der Waals surface area contributed by atoms with Crippen LogP contribution < -0.4 is 25.0 Å². The molecule has 0 unspecified atom stereocenters. The summed E-state index contributed by atoms with van der Waals surface area (Å²) < 4.78 is 42.4. The van der Waals surface area contributed by atoms with Gasteiger partial charge in [-0.3, -0.25) is 14.1 Å². The minimum Gasteiger partial charge on any atom is -0.494 e. The topological polar surface area (TPSA) is 109 Å². The fraction of sp³-hybridized carbons (Fsp3) is 0.250. The van der Waals surface area contributed by atoms with Crippen molar-refractivity contribution in [2.45, 2.75) is 20.3 Å². The molecule has 2 N–H and O–H groups in total. The van der Waals surface area contributed by atoms with Crippen molar-refractivity contribution in [3.8, 4) is 34.1 Å². The van der Waals surface area contributed by atoms with Gasteiger partial charge in [-0.1, -0.05) is 19.1 Å². The maximum atomic E-state index is 14.5. The number of anilines is 4. The number of nitrogens with zero attached hydrogens (tertiary/aromatic N) is 6. The number of ether oxygens (including phenoxy) is 2. The zero-order chi connectivity index (χ0) is 36.9. The van der Waals surface area contributed by atoms with E-state index in [-0.39, 0.29) is 17.9 Å². The Kier molecular flexibility index (Phi) is 10.4. The number of hydrogen-bond donors (Lipinski definition) is 2. The predicted octanol–water partition coefficient (Wildman–Crippen LogP) is 7.67. The van der Waals surface area contributed by atoms with E-state index in [9.17, 15) is 13.6 Å². The summed E-state index contributed by atoms with van der Waals surface area (Å²) in [7, 11) is 1.64. The van der Waals surface area contributed by atoms with E-state index in [0.29, 0.717) is 45.7 Å². The molecule has 0 aliphatic carbocycles. The van der Waals surface area contributed by atoms with Crippen molar-refractivity contribution >= 4 is 34.6 Å². The summed E-state index contributed by atoms with van der Waals surface area (Å²) in [4.78, 5) is 32.7. The number of nitrogens with one attached hydrogen (secondary N) is 2. The molecule has 53 heavy (non-hydrogen) atoms. The molecular weight excluding hydrogens is 678 g/mol. The molecule has 0 spiro atoms. The van der Waals surface area contributed by atoms with Gasteiger partial charge < -0.3 is 25.0 Å². The Hall–Kier alpha value is -6.08. The van der Waals surface area contributed by atoms with Gasteiger partial charge in [-0.25, -0.2) is 23.7 Å². The molecule has 0 atom stereocenters. The van der Waals surface area contributed by atoms with Gasteiger partial charge in [0.2, 0.25) is 5.95 Å². The quantitative estimate of drug-likeness (QED) is 0.132. The molecule has 1 amide bonds. The van der Waals surface area contributed by atoms with Crippen LogP contribution in [0.1, 0.15) is 30.6 Å². The monoisotopic (exact) mass is 718 g/mol. The van der Waals surface area contributed by atoms with Gasteiger partial charge in [0, 0.05) is 55.9 Å². The SMILES string of the molecule is CCCN1CCN(c2ccc(Nc3nccc(-c4c(-c5ccc(OCC)c(C(=O)Nc6c(F)cccc6F)c5)nc5ccccn45)n3)c(OC)c2)CC1. The molecule has 0 radical (unpaired) electrons. The van der Waals surface area contributed by atoms with E-state index in [4.69, 9.17) is 19.4 Å². The van der Waals surface area contributed by atoms with Crippen LogP contribution in [0.25, 0.3) is 28.3 Å². The number of methoxy groups -OCH3 is 1. The summed E-state index contributed by atoms with van der Waals surface area (Å²) in [6, 6.07) is 21.9. The van der Waals surface area contributed by atoms with Gasteiger partial charge in [0.15, 0.2) is 0 Å². The first-order valence-electron chi connectivity index (χ1n) is 17.6. The Balaban J connectivity index is 1.22. The van der Waals surface area contributed by atoms with Crippen molar-refractivity contribution in [3.05, 3.63) is 108 Å². The molecule has 11 nitrogen and oxygen atoms in total. The maximum absolute atomic E-state index is 14.5. The van der Waals surface area contributed by atoms with E-state index in [1.165, 1.54) is 6.07 Å². The molecular formula is C40H40F2N8O3. The van der Waals surface area contributed by atoms with Crippen LogP contribution in [0, 0.1) is 11.6 Å². The van der Waals surface area contributed by atoms with Crippen molar-refractivity contribution in [1.82, 2.24) is 24.3 Å². The Bertz CT molecular complexity index is 2230. The summed E-state index contributed by atoms with van der Waals surface area (Å²) in [5.41, 5.74) is 4.28. The molecule has 272 valence electrons. The largest absolute Gasteiger partial charge is 0.494 e. The van der Waals surface area contributed by atoms with Crippen molar-refractivity contribution in [1.29, 1.82) is 0 Å². The smallest absolute Gasteiger partial charge is 0.259 e. The van der Waals surface area contributed by atoms with Crippen LogP contribution in [0.2, 0.25) is 0 Å². The second-order valence-electron chi connectivity index (χ2n) is 12.5. The lowest BCUT2D eigenvalue weighted by atomic mass is 10.0. The third-order valence-corrected chi connectivity index (χ3v) is 9.14. The number of imidazole rings is 1. The second-order valence-corrected chi connectivity index (χ2v) is 12.5. The number of pyridine rings is 1. The number of hydrogen-bond acceptors (Lipinski definition) is 9. The van der Waals surface area contributed by atoms with E-state index >= 15 is 0 Å². The Labute approximate surface area is 306 Å². The van der Waals surface area contributed by atoms with Crippen LogP contribution in [-0.4, -0.2) is 76.6 Å². The number of carbonyl (C=O) groups excluding carboxylic acids is 1. The number of benzene rings is 3. The molecule has 13 heteroatoms. The fourth-order valence-corrected chi connectivity index (χ4v) is 6.57. The minimum absolute atomic E-state index is 0.0819. The van der Waals surface area contributed by atoms with Gasteiger partial charge in [-0.05, 0) is 80.6 Å².